The summed E-state index contributed by atoms with van der Waals surface area (Å²) >= 11 is 1.98. The van der Waals surface area contributed by atoms with E-state index in [2.05, 4.69) is 25.9 Å². The summed E-state index contributed by atoms with van der Waals surface area (Å²) in [4.78, 5) is 57.0. The number of nitrogens with zero attached hydrogens (tertiary/aromatic N) is 5. The molecule has 1 saturated carbocycles. The number of amides is 1. The first-order chi connectivity index (χ1) is 23.6. The molecule has 248 valence electrons. The van der Waals surface area contributed by atoms with Crippen LogP contribution in [0.4, 0.5) is 21.6 Å². The SMILES string of the molecule is COc1ccc(-c2cn(CC(=O)Nc3cccc(-n4c(=O)n(C5CC5)c(=O)c5c(Nc6ccc(I)cc6F)[nH]c(=O)c(C)c54)c3)nn2)cc1. The highest BCUT2D eigenvalue weighted by Crippen LogP contribution is 2.34. The van der Waals surface area contributed by atoms with Gasteiger partial charge in [0.1, 0.15) is 35.0 Å². The first-order valence-electron chi connectivity index (χ1n) is 15.2. The minimum absolute atomic E-state index is 0.0230. The molecule has 3 aromatic heterocycles. The molecule has 6 aromatic rings. The number of pyridine rings is 1. The van der Waals surface area contributed by atoms with Crippen LogP contribution in [0.5, 0.6) is 5.75 Å². The van der Waals surface area contributed by atoms with E-state index in [-0.39, 0.29) is 40.6 Å². The van der Waals surface area contributed by atoms with Gasteiger partial charge in [-0.05, 0) is 103 Å². The van der Waals surface area contributed by atoms with Crippen LogP contribution in [0.1, 0.15) is 24.4 Å². The number of nitrogens with one attached hydrogen (secondary N) is 3. The molecule has 13 nitrogen and oxygen atoms in total. The molecule has 1 fully saturated rings. The number of hydrogen-bond donors (Lipinski definition) is 3. The number of anilines is 3. The van der Waals surface area contributed by atoms with Gasteiger partial charge in [0.15, 0.2) is 0 Å². The fourth-order valence-corrected chi connectivity index (χ4v) is 6.09. The van der Waals surface area contributed by atoms with Crippen LogP contribution >= 0.6 is 22.6 Å². The Hall–Kier alpha value is -5.58. The normalized spacial score (nSPS) is 12.7. The van der Waals surface area contributed by atoms with Gasteiger partial charge in [-0.3, -0.25) is 23.5 Å². The van der Waals surface area contributed by atoms with Gasteiger partial charge in [0.05, 0.1) is 30.2 Å². The van der Waals surface area contributed by atoms with Gasteiger partial charge in [-0.1, -0.05) is 11.3 Å². The quantitative estimate of drug-likeness (QED) is 0.176. The first kappa shape index (κ1) is 32.0. The van der Waals surface area contributed by atoms with Crippen LogP contribution in [0.25, 0.3) is 27.8 Å². The number of aryl methyl sites for hydroxylation is 1. The summed E-state index contributed by atoms with van der Waals surface area (Å²) in [5.74, 6) is -0.313. The lowest BCUT2D eigenvalue weighted by Gasteiger charge is -2.18. The van der Waals surface area contributed by atoms with E-state index in [0.29, 0.717) is 39.2 Å². The van der Waals surface area contributed by atoms with Crippen molar-refractivity contribution in [3.8, 4) is 22.7 Å². The number of methoxy groups -OCH3 is 1. The lowest BCUT2D eigenvalue weighted by atomic mass is 10.1. The number of hydrogen-bond acceptors (Lipinski definition) is 8. The molecule has 0 bridgehead atoms. The van der Waals surface area contributed by atoms with Crippen molar-refractivity contribution in [3.63, 3.8) is 0 Å². The largest absolute Gasteiger partial charge is 0.497 e. The predicted molar refractivity (Wildman–Crippen MR) is 190 cm³/mol. The highest BCUT2D eigenvalue weighted by molar-refractivity contribution is 14.1. The van der Waals surface area contributed by atoms with E-state index in [1.54, 1.807) is 55.8 Å². The number of halogens is 2. The van der Waals surface area contributed by atoms with Gasteiger partial charge < -0.3 is 20.4 Å². The van der Waals surface area contributed by atoms with E-state index in [1.165, 1.54) is 32.9 Å². The fourth-order valence-electron chi connectivity index (χ4n) is 5.64. The summed E-state index contributed by atoms with van der Waals surface area (Å²) in [5.41, 5.74) is 0.507. The third-order valence-corrected chi connectivity index (χ3v) is 8.87. The fraction of sp³-hybridized carbons (Fsp3) is 0.176. The molecule has 3 heterocycles. The number of H-pyrrole nitrogens is 1. The third-order valence-electron chi connectivity index (χ3n) is 8.20. The second-order valence-corrected chi connectivity index (χ2v) is 12.8. The zero-order chi connectivity index (χ0) is 34.4. The zero-order valence-corrected chi connectivity index (χ0v) is 28.3. The second-order valence-electron chi connectivity index (χ2n) is 11.6. The Kier molecular flexibility index (Phi) is 8.35. The van der Waals surface area contributed by atoms with Crippen LogP contribution in [0.3, 0.4) is 0 Å². The number of rotatable bonds is 9. The molecule has 0 aliphatic heterocycles. The Bertz CT molecular complexity index is 2450. The molecule has 0 saturated heterocycles. The highest BCUT2D eigenvalue weighted by Gasteiger charge is 2.31. The van der Waals surface area contributed by atoms with Crippen molar-refractivity contribution in [1.82, 2.24) is 29.1 Å². The lowest BCUT2D eigenvalue weighted by molar-refractivity contribution is -0.116. The summed E-state index contributed by atoms with van der Waals surface area (Å²) in [6.45, 7) is 1.37. The van der Waals surface area contributed by atoms with Gasteiger partial charge in [0.25, 0.3) is 11.1 Å². The number of carbonyl (C=O) groups excluding carboxylic acids is 1. The van der Waals surface area contributed by atoms with Gasteiger partial charge in [0, 0.05) is 26.4 Å². The van der Waals surface area contributed by atoms with E-state index < -0.39 is 28.5 Å². The third kappa shape index (κ3) is 6.24. The lowest BCUT2D eigenvalue weighted by Crippen LogP contribution is -2.40. The standard InChI is InChI=1S/C34H28FIN8O5/c1-18-30-29(31(39-32(18)46)38-26-13-8-20(36)14-25(26)35)33(47)44(22-9-10-22)34(48)43(30)23-5-3-4-21(15-23)37-28(45)17-42-16-27(40-41-42)19-6-11-24(49-2)12-7-19/h3-8,11-16,22H,9-10,17H2,1-2H3,(H,37,45)(H2,38,39,46). The van der Waals surface area contributed by atoms with Gasteiger partial charge in [0.2, 0.25) is 5.91 Å². The maximum absolute atomic E-state index is 14.9. The topological polar surface area (TPSA) is 158 Å². The maximum Gasteiger partial charge on any atom is 0.336 e. The highest BCUT2D eigenvalue weighted by atomic mass is 127. The summed E-state index contributed by atoms with van der Waals surface area (Å²) in [5, 5.41) is 13.9. The number of aromatic amines is 1. The molecule has 3 N–H and O–H groups in total. The number of carbonyl (C=O) groups is 1. The molecule has 7 rings (SSSR count). The van der Waals surface area contributed by atoms with E-state index >= 15 is 0 Å². The molecular weight excluding hydrogens is 746 g/mol. The predicted octanol–water partition coefficient (Wildman–Crippen LogP) is 4.88. The molecular formula is C34H28FIN8O5. The summed E-state index contributed by atoms with van der Waals surface area (Å²) in [7, 11) is 1.58. The zero-order valence-electron chi connectivity index (χ0n) is 26.2. The molecule has 0 atom stereocenters. The summed E-state index contributed by atoms with van der Waals surface area (Å²) in [6.07, 6.45) is 2.92. The van der Waals surface area contributed by atoms with Crippen LogP contribution in [-0.4, -0.2) is 42.1 Å². The first-order valence-corrected chi connectivity index (χ1v) is 16.3. The minimum Gasteiger partial charge on any atom is -0.497 e. The number of fused-ring (bicyclic) bond motifs is 1. The Morgan fingerprint density at radius 1 is 1.08 bits per heavy atom. The Morgan fingerprint density at radius 2 is 1.86 bits per heavy atom. The van der Waals surface area contributed by atoms with Crippen LogP contribution in [-0.2, 0) is 11.3 Å². The van der Waals surface area contributed by atoms with E-state index in [0.717, 1.165) is 5.56 Å². The summed E-state index contributed by atoms with van der Waals surface area (Å²) < 4.78 is 24.6. The molecule has 0 unspecified atom stereocenters. The van der Waals surface area contributed by atoms with Gasteiger partial charge in [-0.15, -0.1) is 5.10 Å². The van der Waals surface area contributed by atoms with Gasteiger partial charge in [-0.25, -0.2) is 13.9 Å². The number of ether oxygens (including phenoxy) is 1. The Balaban J connectivity index is 1.25. The monoisotopic (exact) mass is 774 g/mol. The number of benzene rings is 3. The van der Waals surface area contributed by atoms with E-state index in [1.807, 2.05) is 34.7 Å². The van der Waals surface area contributed by atoms with Crippen molar-refractivity contribution < 1.29 is 13.9 Å². The molecule has 0 radical (unpaired) electrons. The van der Waals surface area contributed by atoms with Crippen LogP contribution in [0.2, 0.25) is 0 Å². The number of aromatic nitrogens is 6. The van der Waals surface area contributed by atoms with Crippen molar-refractivity contribution in [2.45, 2.75) is 32.4 Å². The van der Waals surface area contributed by atoms with Gasteiger partial charge >= 0.3 is 5.69 Å². The van der Waals surface area contributed by atoms with Crippen molar-refractivity contribution in [1.29, 1.82) is 0 Å². The maximum atomic E-state index is 14.9. The van der Waals surface area contributed by atoms with Gasteiger partial charge in [-0.2, -0.15) is 0 Å². The molecule has 15 heteroatoms. The Labute approximate surface area is 290 Å². The van der Waals surface area contributed by atoms with E-state index in [4.69, 9.17) is 4.74 Å². The van der Waals surface area contributed by atoms with Crippen molar-refractivity contribution >= 4 is 56.6 Å². The van der Waals surface area contributed by atoms with Crippen molar-refractivity contribution in [3.05, 3.63) is 119 Å². The molecule has 1 aliphatic carbocycles. The molecule has 49 heavy (non-hydrogen) atoms. The van der Waals surface area contributed by atoms with Crippen molar-refractivity contribution in [2.75, 3.05) is 17.7 Å². The molecule has 3 aromatic carbocycles. The van der Waals surface area contributed by atoms with Crippen LogP contribution in [0.15, 0.2) is 87.3 Å². The van der Waals surface area contributed by atoms with Crippen molar-refractivity contribution in [2.24, 2.45) is 0 Å². The average molecular weight is 775 g/mol. The molecule has 0 spiro atoms. The van der Waals surface area contributed by atoms with E-state index in [9.17, 15) is 23.6 Å². The smallest absolute Gasteiger partial charge is 0.336 e. The molecule has 1 aliphatic rings. The van der Waals surface area contributed by atoms with Crippen LogP contribution in [0, 0.1) is 16.3 Å². The Morgan fingerprint density at radius 3 is 2.57 bits per heavy atom. The molecule has 1 amide bonds. The minimum atomic E-state index is -0.628. The second kappa shape index (κ2) is 12.8. The summed E-state index contributed by atoms with van der Waals surface area (Å²) in [6, 6.07) is 18.0. The van der Waals surface area contributed by atoms with Crippen LogP contribution < -0.4 is 32.2 Å². The average Bonchev–Trinajstić information content (AvgIpc) is 3.81.